The van der Waals surface area contributed by atoms with Crippen LogP contribution in [0.25, 0.3) is 0 Å². The van der Waals surface area contributed by atoms with Crippen molar-refractivity contribution in [1.29, 1.82) is 0 Å². The van der Waals surface area contributed by atoms with Crippen LogP contribution in [0, 0.1) is 0 Å². The number of hydrogen-bond acceptors (Lipinski definition) is 5. The first-order chi connectivity index (χ1) is 15.6. The minimum atomic E-state index is 0.256. The molecule has 0 bridgehead atoms. The fourth-order valence-electron chi connectivity index (χ4n) is 3.41. The van der Waals surface area contributed by atoms with E-state index in [-0.39, 0.29) is 6.79 Å². The highest BCUT2D eigenvalue weighted by molar-refractivity contribution is 7.80. The van der Waals surface area contributed by atoms with E-state index in [2.05, 4.69) is 10.2 Å². The first-order valence-corrected chi connectivity index (χ1v) is 10.9. The Hall–Kier alpha value is -3.45. The summed E-state index contributed by atoms with van der Waals surface area (Å²) in [4.78, 5) is 2.12. The lowest BCUT2D eigenvalue weighted by Gasteiger charge is -2.26. The van der Waals surface area contributed by atoms with Crippen molar-refractivity contribution < 1.29 is 18.9 Å². The van der Waals surface area contributed by atoms with Gasteiger partial charge in [-0.2, -0.15) is 0 Å². The van der Waals surface area contributed by atoms with Crippen molar-refractivity contribution >= 4 is 23.0 Å². The zero-order chi connectivity index (χ0) is 22.3. The quantitative estimate of drug-likeness (QED) is 0.472. The second kappa shape index (κ2) is 10.2. The van der Waals surface area contributed by atoms with Crippen molar-refractivity contribution in [2.24, 2.45) is 0 Å². The molecule has 3 aromatic carbocycles. The van der Waals surface area contributed by atoms with Gasteiger partial charge in [0.25, 0.3) is 0 Å². The number of nitrogens with one attached hydrogen (secondary N) is 1. The fourth-order valence-corrected chi connectivity index (χ4v) is 3.66. The van der Waals surface area contributed by atoms with E-state index in [0.717, 1.165) is 39.8 Å². The fraction of sp³-hybridized carbons (Fsp3) is 0.240. The summed E-state index contributed by atoms with van der Waals surface area (Å²) in [5, 5.41) is 3.98. The summed E-state index contributed by atoms with van der Waals surface area (Å²) in [5.74, 6) is 3.19. The predicted molar refractivity (Wildman–Crippen MR) is 129 cm³/mol. The Labute approximate surface area is 193 Å². The minimum absolute atomic E-state index is 0.256. The Morgan fingerprint density at radius 3 is 2.28 bits per heavy atom. The van der Waals surface area contributed by atoms with Crippen LogP contribution in [-0.4, -0.2) is 30.5 Å². The number of rotatable bonds is 8. The summed E-state index contributed by atoms with van der Waals surface area (Å²) in [5.41, 5.74) is 3.12. The van der Waals surface area contributed by atoms with Gasteiger partial charge in [0.05, 0.1) is 13.7 Å². The maximum absolute atomic E-state index is 5.79. The van der Waals surface area contributed by atoms with Gasteiger partial charge in [-0.1, -0.05) is 18.2 Å². The lowest BCUT2D eigenvalue weighted by atomic mass is 10.1. The van der Waals surface area contributed by atoms with E-state index in [1.165, 1.54) is 0 Å². The van der Waals surface area contributed by atoms with Crippen molar-refractivity contribution in [3.63, 3.8) is 0 Å². The van der Waals surface area contributed by atoms with Gasteiger partial charge in [0.2, 0.25) is 6.79 Å². The average molecular weight is 451 g/mol. The number of ether oxygens (including phenoxy) is 4. The molecule has 0 amide bonds. The number of thiocarbonyl (C=S) groups is 1. The normalized spacial score (nSPS) is 11.7. The molecule has 0 fully saturated rings. The largest absolute Gasteiger partial charge is 0.497 e. The Balaban J connectivity index is 1.51. The molecule has 0 aliphatic carbocycles. The highest BCUT2D eigenvalue weighted by Crippen LogP contribution is 2.33. The van der Waals surface area contributed by atoms with Gasteiger partial charge in [0.15, 0.2) is 16.6 Å². The van der Waals surface area contributed by atoms with Crippen LogP contribution in [0.2, 0.25) is 0 Å². The van der Waals surface area contributed by atoms with Crippen LogP contribution in [0.5, 0.6) is 23.0 Å². The van der Waals surface area contributed by atoms with E-state index < -0.39 is 0 Å². The number of benzene rings is 3. The van der Waals surface area contributed by atoms with Crippen LogP contribution in [0.1, 0.15) is 18.1 Å². The number of nitrogens with zero attached hydrogens (tertiary/aromatic N) is 1. The lowest BCUT2D eigenvalue weighted by molar-refractivity contribution is 0.174. The molecule has 1 N–H and O–H groups in total. The summed E-state index contributed by atoms with van der Waals surface area (Å²) in [6.45, 7) is 4.11. The summed E-state index contributed by atoms with van der Waals surface area (Å²) in [7, 11) is 1.66. The van der Waals surface area contributed by atoms with Crippen molar-refractivity contribution in [2.45, 2.75) is 20.0 Å². The summed E-state index contributed by atoms with van der Waals surface area (Å²) >= 11 is 5.79. The van der Waals surface area contributed by atoms with Gasteiger partial charge in [-0.15, -0.1) is 0 Å². The second-order valence-corrected chi connectivity index (χ2v) is 7.67. The van der Waals surface area contributed by atoms with Crippen LogP contribution in [-0.2, 0) is 13.1 Å². The number of fused-ring (bicyclic) bond motifs is 1. The van der Waals surface area contributed by atoms with Gasteiger partial charge in [-0.05, 0) is 78.8 Å². The smallest absolute Gasteiger partial charge is 0.231 e. The van der Waals surface area contributed by atoms with E-state index in [1.54, 1.807) is 7.11 Å². The molecule has 1 aliphatic rings. The maximum Gasteiger partial charge on any atom is 0.231 e. The molecule has 1 aliphatic heterocycles. The van der Waals surface area contributed by atoms with Crippen LogP contribution in [0.15, 0.2) is 66.7 Å². The molecule has 0 spiro atoms. The standard InChI is InChI=1S/C25H26N2O4S/c1-3-29-22-11-7-20(8-12-22)26-25(32)27(15-18-4-9-21(28-2)10-5-18)16-19-6-13-23-24(14-19)31-17-30-23/h4-14H,3,15-17H2,1-2H3,(H,26,32). The molecular formula is C25H26N2O4S. The topological polar surface area (TPSA) is 52.2 Å². The molecule has 0 radical (unpaired) electrons. The first-order valence-electron chi connectivity index (χ1n) is 10.4. The average Bonchev–Trinajstić information content (AvgIpc) is 3.28. The predicted octanol–water partition coefficient (Wildman–Crippen LogP) is 5.22. The molecule has 0 saturated carbocycles. The Morgan fingerprint density at radius 2 is 1.56 bits per heavy atom. The first kappa shape index (κ1) is 21.8. The lowest BCUT2D eigenvalue weighted by Crippen LogP contribution is -2.33. The molecule has 32 heavy (non-hydrogen) atoms. The third kappa shape index (κ3) is 5.42. The number of anilines is 1. The molecule has 166 valence electrons. The van der Waals surface area contributed by atoms with Gasteiger partial charge in [0.1, 0.15) is 11.5 Å². The van der Waals surface area contributed by atoms with Gasteiger partial charge < -0.3 is 29.2 Å². The van der Waals surface area contributed by atoms with E-state index in [4.69, 9.17) is 31.2 Å². The minimum Gasteiger partial charge on any atom is -0.497 e. The van der Waals surface area contributed by atoms with E-state index in [1.807, 2.05) is 73.7 Å². The summed E-state index contributed by atoms with van der Waals surface area (Å²) < 4.78 is 21.8. The van der Waals surface area contributed by atoms with Crippen LogP contribution in [0.3, 0.4) is 0 Å². The molecule has 0 aromatic heterocycles. The van der Waals surface area contributed by atoms with E-state index in [0.29, 0.717) is 24.8 Å². The molecule has 0 saturated heterocycles. The van der Waals surface area contributed by atoms with Crippen LogP contribution >= 0.6 is 12.2 Å². The van der Waals surface area contributed by atoms with Crippen molar-refractivity contribution in [3.8, 4) is 23.0 Å². The third-order valence-electron chi connectivity index (χ3n) is 5.05. The van der Waals surface area contributed by atoms with Crippen molar-refractivity contribution in [3.05, 3.63) is 77.9 Å². The monoisotopic (exact) mass is 450 g/mol. The Kier molecular flexibility index (Phi) is 6.97. The number of methoxy groups -OCH3 is 1. The van der Waals surface area contributed by atoms with Gasteiger partial charge in [-0.3, -0.25) is 0 Å². The molecule has 3 aromatic rings. The van der Waals surface area contributed by atoms with Crippen molar-refractivity contribution in [2.75, 3.05) is 25.8 Å². The van der Waals surface area contributed by atoms with E-state index >= 15 is 0 Å². The zero-order valence-corrected chi connectivity index (χ0v) is 19.0. The molecular weight excluding hydrogens is 424 g/mol. The van der Waals surface area contributed by atoms with Gasteiger partial charge in [-0.25, -0.2) is 0 Å². The van der Waals surface area contributed by atoms with Gasteiger partial charge >= 0.3 is 0 Å². The molecule has 4 rings (SSSR count). The Bertz CT molecular complexity index is 1050. The number of hydrogen-bond donors (Lipinski definition) is 1. The molecule has 0 atom stereocenters. The second-order valence-electron chi connectivity index (χ2n) is 7.28. The highest BCUT2D eigenvalue weighted by atomic mass is 32.1. The Morgan fingerprint density at radius 1 is 0.906 bits per heavy atom. The summed E-state index contributed by atoms with van der Waals surface area (Å²) in [6.07, 6.45) is 0. The van der Waals surface area contributed by atoms with Crippen LogP contribution < -0.4 is 24.3 Å². The summed E-state index contributed by atoms with van der Waals surface area (Å²) in [6, 6.07) is 21.8. The van der Waals surface area contributed by atoms with E-state index in [9.17, 15) is 0 Å². The molecule has 7 heteroatoms. The molecule has 0 unspecified atom stereocenters. The third-order valence-corrected chi connectivity index (χ3v) is 5.41. The SMILES string of the molecule is CCOc1ccc(NC(=S)N(Cc2ccc(OC)cc2)Cc2ccc3c(c2)OCO3)cc1. The maximum atomic E-state index is 5.79. The molecule has 6 nitrogen and oxygen atoms in total. The van der Waals surface area contributed by atoms with Crippen LogP contribution in [0.4, 0.5) is 5.69 Å². The highest BCUT2D eigenvalue weighted by Gasteiger charge is 2.17. The van der Waals surface area contributed by atoms with Crippen molar-refractivity contribution in [1.82, 2.24) is 4.90 Å². The molecule has 1 heterocycles. The zero-order valence-electron chi connectivity index (χ0n) is 18.2. The van der Waals surface area contributed by atoms with Gasteiger partial charge in [0, 0.05) is 18.8 Å².